The van der Waals surface area contributed by atoms with Crippen molar-refractivity contribution in [1.82, 2.24) is 4.31 Å². The van der Waals surface area contributed by atoms with Crippen LogP contribution < -0.4 is 0 Å². The lowest BCUT2D eigenvalue weighted by Gasteiger charge is -2.24. The van der Waals surface area contributed by atoms with E-state index in [4.69, 9.17) is 5.11 Å². The molecule has 0 aliphatic rings. The fourth-order valence-corrected chi connectivity index (χ4v) is 3.52. The van der Waals surface area contributed by atoms with Gasteiger partial charge in [-0.25, -0.2) is 8.42 Å². The van der Waals surface area contributed by atoms with E-state index in [9.17, 15) is 8.42 Å². The average molecular weight is 295 g/mol. The molecule has 0 atom stereocenters. The SMILES string of the molecule is CCN(C(C)C)S(=O)(=O)c1ccc(C#CCCO)cc1. The number of hydrogen-bond donors (Lipinski definition) is 1. The van der Waals surface area contributed by atoms with Crippen LogP contribution in [-0.2, 0) is 10.0 Å². The van der Waals surface area contributed by atoms with Crippen LogP contribution in [0.2, 0.25) is 0 Å². The quantitative estimate of drug-likeness (QED) is 0.843. The minimum atomic E-state index is -3.45. The molecule has 1 rings (SSSR count). The molecule has 0 spiro atoms. The normalized spacial score (nSPS) is 11.5. The third-order valence-corrected chi connectivity index (χ3v) is 4.98. The van der Waals surface area contributed by atoms with Crippen LogP contribution in [0.5, 0.6) is 0 Å². The predicted molar refractivity (Wildman–Crippen MR) is 79.7 cm³/mol. The molecule has 5 heteroatoms. The van der Waals surface area contributed by atoms with Gasteiger partial charge in [0, 0.05) is 24.6 Å². The second kappa shape index (κ2) is 7.44. The average Bonchev–Trinajstić information content (AvgIpc) is 2.39. The Hall–Kier alpha value is -1.35. The van der Waals surface area contributed by atoms with Gasteiger partial charge in [-0.1, -0.05) is 18.8 Å². The largest absolute Gasteiger partial charge is 0.395 e. The van der Waals surface area contributed by atoms with Crippen molar-refractivity contribution in [2.45, 2.75) is 38.1 Å². The summed E-state index contributed by atoms with van der Waals surface area (Å²) in [4.78, 5) is 0.278. The van der Waals surface area contributed by atoms with Gasteiger partial charge in [0.25, 0.3) is 0 Å². The molecule has 0 aliphatic heterocycles. The molecule has 20 heavy (non-hydrogen) atoms. The van der Waals surface area contributed by atoms with Crippen molar-refractivity contribution in [2.75, 3.05) is 13.2 Å². The van der Waals surface area contributed by atoms with Gasteiger partial charge in [-0.3, -0.25) is 0 Å². The van der Waals surface area contributed by atoms with E-state index in [0.717, 1.165) is 5.56 Å². The van der Waals surface area contributed by atoms with Crippen molar-refractivity contribution in [2.24, 2.45) is 0 Å². The number of rotatable bonds is 5. The Morgan fingerprint density at radius 3 is 2.30 bits per heavy atom. The number of aliphatic hydroxyl groups excluding tert-OH is 1. The standard InChI is InChI=1S/C15H21NO3S/c1-4-16(13(2)3)20(18,19)15-10-8-14(9-11-15)7-5-6-12-17/h8-11,13,17H,4,6,12H2,1-3H3. The van der Waals surface area contributed by atoms with Crippen LogP contribution in [0.15, 0.2) is 29.2 Å². The second-order valence-electron chi connectivity index (χ2n) is 4.60. The van der Waals surface area contributed by atoms with Crippen molar-refractivity contribution in [1.29, 1.82) is 0 Å². The summed E-state index contributed by atoms with van der Waals surface area (Å²) in [5.41, 5.74) is 0.741. The van der Waals surface area contributed by atoms with Gasteiger partial charge in [0.2, 0.25) is 10.0 Å². The minimum Gasteiger partial charge on any atom is -0.395 e. The van der Waals surface area contributed by atoms with Crippen LogP contribution in [0.1, 0.15) is 32.8 Å². The molecular weight excluding hydrogens is 274 g/mol. The Morgan fingerprint density at radius 2 is 1.85 bits per heavy atom. The van der Waals surface area contributed by atoms with Crippen LogP contribution in [0.25, 0.3) is 0 Å². The predicted octanol–water partition coefficient (Wildman–Crippen LogP) is 1.84. The number of hydrogen-bond acceptors (Lipinski definition) is 3. The Bertz CT molecular complexity index is 580. The van der Waals surface area contributed by atoms with Gasteiger partial charge in [0.15, 0.2) is 0 Å². The smallest absolute Gasteiger partial charge is 0.243 e. The molecule has 0 fully saturated rings. The lowest BCUT2D eigenvalue weighted by atomic mass is 10.2. The molecule has 0 radical (unpaired) electrons. The first-order chi connectivity index (χ1) is 9.43. The summed E-state index contributed by atoms with van der Waals surface area (Å²) in [6.45, 7) is 6.01. The topological polar surface area (TPSA) is 57.6 Å². The number of aliphatic hydroxyl groups is 1. The first-order valence-electron chi connectivity index (χ1n) is 6.65. The van der Waals surface area contributed by atoms with Gasteiger partial charge in [0.05, 0.1) is 11.5 Å². The summed E-state index contributed by atoms with van der Waals surface area (Å²) in [6, 6.07) is 6.44. The van der Waals surface area contributed by atoms with E-state index in [1.807, 2.05) is 20.8 Å². The van der Waals surface area contributed by atoms with E-state index >= 15 is 0 Å². The van der Waals surface area contributed by atoms with Gasteiger partial charge in [-0.15, -0.1) is 0 Å². The first kappa shape index (κ1) is 16.7. The van der Waals surface area contributed by atoms with Crippen molar-refractivity contribution in [3.63, 3.8) is 0 Å². The van der Waals surface area contributed by atoms with Crippen LogP contribution in [0.3, 0.4) is 0 Å². The highest BCUT2D eigenvalue weighted by atomic mass is 32.2. The fourth-order valence-electron chi connectivity index (χ4n) is 1.88. The Balaban J connectivity index is 3.01. The molecule has 0 aliphatic carbocycles. The monoisotopic (exact) mass is 295 g/mol. The van der Waals surface area contributed by atoms with Crippen LogP contribution in [0.4, 0.5) is 0 Å². The van der Waals surface area contributed by atoms with Gasteiger partial charge in [0.1, 0.15) is 0 Å². The third kappa shape index (κ3) is 4.07. The molecule has 0 aromatic heterocycles. The number of benzene rings is 1. The maximum Gasteiger partial charge on any atom is 0.243 e. The number of sulfonamides is 1. The molecule has 0 bridgehead atoms. The lowest BCUT2D eigenvalue weighted by Crippen LogP contribution is -2.36. The molecule has 4 nitrogen and oxygen atoms in total. The second-order valence-corrected chi connectivity index (χ2v) is 6.49. The lowest BCUT2D eigenvalue weighted by molar-refractivity contribution is 0.305. The van der Waals surface area contributed by atoms with Gasteiger partial charge in [-0.2, -0.15) is 4.31 Å². The maximum atomic E-state index is 12.4. The fraction of sp³-hybridized carbons (Fsp3) is 0.467. The van der Waals surface area contributed by atoms with Crippen molar-refractivity contribution in [3.05, 3.63) is 29.8 Å². The molecule has 0 unspecified atom stereocenters. The summed E-state index contributed by atoms with van der Waals surface area (Å²) in [5, 5.41) is 8.65. The Kier molecular flexibility index (Phi) is 6.21. The molecule has 1 aromatic carbocycles. The van der Waals surface area contributed by atoms with E-state index in [-0.39, 0.29) is 17.5 Å². The summed E-state index contributed by atoms with van der Waals surface area (Å²) >= 11 is 0. The van der Waals surface area contributed by atoms with Crippen LogP contribution >= 0.6 is 0 Å². The van der Waals surface area contributed by atoms with Crippen molar-refractivity contribution >= 4 is 10.0 Å². The van der Waals surface area contributed by atoms with E-state index in [1.54, 1.807) is 24.3 Å². The molecule has 1 aromatic rings. The first-order valence-corrected chi connectivity index (χ1v) is 8.09. The van der Waals surface area contributed by atoms with Crippen molar-refractivity contribution < 1.29 is 13.5 Å². The van der Waals surface area contributed by atoms with Crippen LogP contribution in [0, 0.1) is 11.8 Å². The minimum absolute atomic E-state index is 0.0271. The summed E-state index contributed by atoms with van der Waals surface area (Å²) in [5.74, 6) is 5.67. The van der Waals surface area contributed by atoms with E-state index < -0.39 is 10.0 Å². The van der Waals surface area contributed by atoms with Gasteiger partial charge >= 0.3 is 0 Å². The molecular formula is C15H21NO3S. The highest BCUT2D eigenvalue weighted by molar-refractivity contribution is 7.89. The maximum absolute atomic E-state index is 12.4. The van der Waals surface area contributed by atoms with Gasteiger partial charge < -0.3 is 5.11 Å². The zero-order valence-corrected chi connectivity index (χ0v) is 12.9. The zero-order chi connectivity index (χ0) is 15.2. The molecule has 0 amide bonds. The Morgan fingerprint density at radius 1 is 1.25 bits per heavy atom. The van der Waals surface area contributed by atoms with Crippen molar-refractivity contribution in [3.8, 4) is 11.8 Å². The number of nitrogens with zero attached hydrogens (tertiary/aromatic N) is 1. The Labute approximate surface area is 121 Å². The molecule has 1 N–H and O–H groups in total. The summed E-state index contributed by atoms with van der Waals surface area (Å²) < 4.78 is 26.3. The highest BCUT2D eigenvalue weighted by Crippen LogP contribution is 2.18. The zero-order valence-electron chi connectivity index (χ0n) is 12.1. The van der Waals surface area contributed by atoms with Crippen LogP contribution in [-0.4, -0.2) is 37.0 Å². The third-order valence-electron chi connectivity index (χ3n) is 2.82. The summed E-state index contributed by atoms with van der Waals surface area (Å²) in [7, 11) is -3.45. The van der Waals surface area contributed by atoms with E-state index in [0.29, 0.717) is 13.0 Å². The molecule has 0 saturated carbocycles. The highest BCUT2D eigenvalue weighted by Gasteiger charge is 2.25. The molecule has 0 heterocycles. The van der Waals surface area contributed by atoms with E-state index in [2.05, 4.69) is 11.8 Å². The summed E-state index contributed by atoms with van der Waals surface area (Å²) in [6.07, 6.45) is 0.414. The van der Waals surface area contributed by atoms with Gasteiger partial charge in [-0.05, 0) is 38.1 Å². The molecule has 110 valence electrons. The van der Waals surface area contributed by atoms with E-state index in [1.165, 1.54) is 4.31 Å². The molecule has 0 saturated heterocycles.